The van der Waals surface area contributed by atoms with Crippen molar-refractivity contribution >= 4 is 11.6 Å². The van der Waals surface area contributed by atoms with E-state index >= 15 is 0 Å². The average molecular weight is 206 g/mol. The number of terminal acetylenes is 1. The standard InChI is InChI=1S/C7H4ClF2N2O/c1-2-3-13-6-5(8)4-11-12(6)7(9)10/h1,7H,3H2. The quantitative estimate of drug-likeness (QED) is 0.703. The van der Waals surface area contributed by atoms with E-state index in [1.807, 2.05) is 0 Å². The van der Waals surface area contributed by atoms with Gasteiger partial charge in [0, 0.05) is 0 Å². The molecule has 0 aliphatic carbocycles. The van der Waals surface area contributed by atoms with E-state index in [2.05, 4.69) is 17.2 Å². The molecule has 0 fully saturated rings. The van der Waals surface area contributed by atoms with Crippen molar-refractivity contribution in [3.05, 3.63) is 11.2 Å². The Labute approximate surface area is 78.2 Å². The van der Waals surface area contributed by atoms with E-state index in [1.54, 1.807) is 0 Å². The molecule has 0 N–H and O–H groups in total. The van der Waals surface area contributed by atoms with Gasteiger partial charge < -0.3 is 4.74 Å². The first kappa shape index (κ1) is 9.81. The minimum absolute atomic E-state index is 0.115. The van der Waals surface area contributed by atoms with Gasteiger partial charge in [0.15, 0.2) is 6.61 Å². The Morgan fingerprint density at radius 1 is 1.77 bits per heavy atom. The molecule has 0 aliphatic rings. The molecule has 0 amide bonds. The van der Waals surface area contributed by atoms with E-state index in [0.717, 1.165) is 0 Å². The minimum atomic E-state index is -2.82. The average Bonchev–Trinajstić information content (AvgIpc) is 2.43. The minimum Gasteiger partial charge on any atom is -0.463 e. The molecular formula is C7H4ClF2N2O. The molecule has 13 heavy (non-hydrogen) atoms. The Kier molecular flexibility index (Phi) is 3.09. The van der Waals surface area contributed by atoms with Gasteiger partial charge in [0.05, 0.1) is 0 Å². The Bertz CT molecular complexity index is 332. The normalized spacial score (nSPS) is 10.1. The Morgan fingerprint density at radius 2 is 2.46 bits per heavy atom. The lowest BCUT2D eigenvalue weighted by molar-refractivity contribution is 0.0467. The predicted molar refractivity (Wildman–Crippen MR) is 41.7 cm³/mol. The maximum absolute atomic E-state index is 12.2. The van der Waals surface area contributed by atoms with E-state index in [1.165, 1.54) is 0 Å². The van der Waals surface area contributed by atoms with Crippen LogP contribution in [0.1, 0.15) is 6.55 Å². The predicted octanol–water partition coefficient (Wildman–Crippen LogP) is 1.74. The van der Waals surface area contributed by atoms with E-state index in [4.69, 9.17) is 22.8 Å². The van der Waals surface area contributed by atoms with Crippen molar-refractivity contribution in [1.29, 1.82) is 0 Å². The lowest BCUT2D eigenvalue weighted by Crippen LogP contribution is -2.05. The third-order valence-electron chi connectivity index (χ3n) is 1.13. The van der Waals surface area contributed by atoms with Crippen LogP contribution in [0.4, 0.5) is 8.78 Å². The molecule has 0 aromatic carbocycles. The zero-order valence-electron chi connectivity index (χ0n) is 6.30. The summed E-state index contributed by atoms with van der Waals surface area (Å²) in [5.41, 5.74) is 0. The highest BCUT2D eigenvalue weighted by atomic mass is 35.5. The van der Waals surface area contributed by atoms with Crippen LogP contribution in [0.3, 0.4) is 0 Å². The molecule has 0 spiro atoms. The number of hydrogen-bond acceptors (Lipinski definition) is 2. The van der Waals surface area contributed by atoms with Crippen molar-refractivity contribution in [2.45, 2.75) is 6.55 Å². The van der Waals surface area contributed by atoms with E-state index in [9.17, 15) is 8.78 Å². The lowest BCUT2D eigenvalue weighted by Gasteiger charge is -2.05. The highest BCUT2D eigenvalue weighted by Crippen LogP contribution is 2.27. The maximum atomic E-state index is 12.2. The lowest BCUT2D eigenvalue weighted by atomic mass is 10.6. The van der Waals surface area contributed by atoms with Crippen LogP contribution in [0.25, 0.3) is 0 Å². The maximum Gasteiger partial charge on any atom is 0.336 e. The molecular weight excluding hydrogens is 202 g/mol. The summed E-state index contributed by atoms with van der Waals surface area (Å²) in [6.07, 6.45) is 7.01. The fourth-order valence-electron chi connectivity index (χ4n) is 0.663. The molecule has 0 aliphatic heterocycles. The summed E-state index contributed by atoms with van der Waals surface area (Å²) >= 11 is 5.46. The molecule has 6 heteroatoms. The van der Waals surface area contributed by atoms with Crippen molar-refractivity contribution in [1.82, 2.24) is 9.78 Å². The van der Waals surface area contributed by atoms with Gasteiger partial charge in [-0.1, -0.05) is 17.5 Å². The molecule has 1 radical (unpaired) electrons. The number of halogens is 3. The zero-order chi connectivity index (χ0) is 9.84. The molecule has 1 heterocycles. The van der Waals surface area contributed by atoms with Crippen LogP contribution in [-0.2, 0) is 0 Å². The van der Waals surface area contributed by atoms with Crippen LogP contribution in [0.5, 0.6) is 5.88 Å². The van der Waals surface area contributed by atoms with Crippen LogP contribution >= 0.6 is 11.6 Å². The highest BCUT2D eigenvalue weighted by Gasteiger charge is 2.17. The molecule has 3 nitrogen and oxygen atoms in total. The van der Waals surface area contributed by atoms with E-state index < -0.39 is 6.55 Å². The van der Waals surface area contributed by atoms with E-state index in [-0.39, 0.29) is 17.5 Å². The first-order chi connectivity index (χ1) is 6.16. The monoisotopic (exact) mass is 205 g/mol. The number of hydrogen-bond donors (Lipinski definition) is 0. The summed E-state index contributed by atoms with van der Waals surface area (Å²) in [4.78, 5) is 0. The van der Waals surface area contributed by atoms with E-state index in [0.29, 0.717) is 4.68 Å². The van der Waals surface area contributed by atoms with Crippen LogP contribution < -0.4 is 4.74 Å². The van der Waals surface area contributed by atoms with Crippen LogP contribution in [0.2, 0.25) is 5.02 Å². The van der Waals surface area contributed by atoms with Gasteiger partial charge in [-0.05, 0) is 0 Å². The third-order valence-corrected chi connectivity index (χ3v) is 1.38. The smallest absolute Gasteiger partial charge is 0.336 e. The fraction of sp³-hybridized carbons (Fsp3) is 0.286. The van der Waals surface area contributed by atoms with Gasteiger partial charge in [-0.15, -0.1) is 6.42 Å². The van der Waals surface area contributed by atoms with Gasteiger partial charge in [0.2, 0.25) is 5.88 Å². The fourth-order valence-corrected chi connectivity index (χ4v) is 0.842. The molecule has 69 valence electrons. The van der Waals surface area contributed by atoms with Crippen molar-refractivity contribution in [3.8, 4) is 18.2 Å². The summed E-state index contributed by atoms with van der Waals surface area (Å²) < 4.78 is 29.4. The first-order valence-electron chi connectivity index (χ1n) is 3.17. The number of nitrogens with zero attached hydrogens (tertiary/aromatic N) is 2. The highest BCUT2D eigenvalue weighted by molar-refractivity contribution is 6.31. The van der Waals surface area contributed by atoms with Gasteiger partial charge in [0.25, 0.3) is 0 Å². The van der Waals surface area contributed by atoms with Crippen LogP contribution in [0.15, 0.2) is 0 Å². The van der Waals surface area contributed by atoms with Crippen molar-refractivity contribution in [3.63, 3.8) is 0 Å². The van der Waals surface area contributed by atoms with Gasteiger partial charge in [-0.25, -0.2) is 0 Å². The molecule has 0 saturated heterocycles. The SMILES string of the molecule is C#CCOc1c(Cl)[c]nn1C(F)F. The number of ether oxygens (including phenoxy) is 1. The number of rotatable bonds is 3. The van der Waals surface area contributed by atoms with Crippen molar-refractivity contribution in [2.24, 2.45) is 0 Å². The summed E-state index contributed by atoms with van der Waals surface area (Å²) in [6.45, 7) is -2.97. The Balaban J connectivity index is 2.89. The second-order valence-corrected chi connectivity index (χ2v) is 2.32. The first-order valence-corrected chi connectivity index (χ1v) is 3.54. The second kappa shape index (κ2) is 4.10. The van der Waals surface area contributed by atoms with Crippen molar-refractivity contribution in [2.75, 3.05) is 6.61 Å². The third kappa shape index (κ3) is 2.10. The topological polar surface area (TPSA) is 27.1 Å². The van der Waals surface area contributed by atoms with Crippen LogP contribution in [-0.4, -0.2) is 16.4 Å². The zero-order valence-corrected chi connectivity index (χ0v) is 7.05. The molecule has 0 atom stereocenters. The van der Waals surface area contributed by atoms with Gasteiger partial charge in [-0.3, -0.25) is 0 Å². The summed E-state index contributed by atoms with van der Waals surface area (Å²) in [5.74, 6) is 1.85. The van der Waals surface area contributed by atoms with Crippen LogP contribution in [0, 0.1) is 18.5 Å². The molecule has 0 saturated carbocycles. The van der Waals surface area contributed by atoms with Gasteiger partial charge >= 0.3 is 6.55 Å². The molecule has 1 aromatic heterocycles. The molecule has 1 rings (SSSR count). The summed E-state index contributed by atoms with van der Waals surface area (Å²) in [6, 6.07) is 0. The summed E-state index contributed by atoms with van der Waals surface area (Å²) in [5, 5.41) is 3.07. The Morgan fingerprint density at radius 3 is 3.00 bits per heavy atom. The second-order valence-electron chi connectivity index (χ2n) is 1.95. The molecule has 0 bridgehead atoms. The molecule has 1 aromatic rings. The van der Waals surface area contributed by atoms with Gasteiger partial charge in [-0.2, -0.15) is 18.6 Å². The van der Waals surface area contributed by atoms with Crippen molar-refractivity contribution < 1.29 is 13.5 Å². The van der Waals surface area contributed by atoms with Gasteiger partial charge in [0.1, 0.15) is 11.2 Å². The summed E-state index contributed by atoms with van der Waals surface area (Å²) in [7, 11) is 0. The molecule has 0 unspecified atom stereocenters. The largest absolute Gasteiger partial charge is 0.463 e. The number of aromatic nitrogens is 2. The Hall–Kier alpha value is -1.28. The number of alkyl halides is 2.